The number of carboxylic acids is 1. The Bertz CT molecular complexity index is 554. The first-order chi connectivity index (χ1) is 7.52. The molecule has 84 valence electrons. The lowest BCUT2D eigenvalue weighted by Crippen LogP contribution is -1.97. The van der Waals surface area contributed by atoms with Gasteiger partial charge >= 0.3 is 5.97 Å². The van der Waals surface area contributed by atoms with Gasteiger partial charge in [-0.05, 0) is 31.0 Å². The highest BCUT2D eigenvalue weighted by atomic mass is 32.1. The maximum Gasteiger partial charge on any atom is 0.348 e. The van der Waals surface area contributed by atoms with Crippen molar-refractivity contribution < 1.29 is 14.3 Å². The zero-order valence-electron chi connectivity index (χ0n) is 8.90. The number of aromatic carboxylic acids is 1. The number of anilines is 1. The standard InChI is InChI=1S/C11H11NO3S/c1-5-3-4-15-8(5)9-6(2)7(12)10(16-9)11(13)14/h3-4H,12H2,1-2H3,(H,13,14). The van der Waals surface area contributed by atoms with Gasteiger partial charge in [-0.3, -0.25) is 0 Å². The van der Waals surface area contributed by atoms with Crippen molar-refractivity contribution in [2.24, 2.45) is 0 Å². The summed E-state index contributed by atoms with van der Waals surface area (Å²) in [5.74, 6) is -0.303. The van der Waals surface area contributed by atoms with Crippen molar-refractivity contribution in [3.8, 4) is 10.6 Å². The van der Waals surface area contributed by atoms with Crippen LogP contribution < -0.4 is 5.73 Å². The fourth-order valence-electron chi connectivity index (χ4n) is 1.51. The highest BCUT2D eigenvalue weighted by molar-refractivity contribution is 7.18. The van der Waals surface area contributed by atoms with Gasteiger partial charge in [-0.2, -0.15) is 0 Å². The van der Waals surface area contributed by atoms with Crippen LogP contribution in [0, 0.1) is 13.8 Å². The molecule has 2 heterocycles. The first-order valence-electron chi connectivity index (χ1n) is 4.69. The van der Waals surface area contributed by atoms with Gasteiger partial charge in [-0.15, -0.1) is 11.3 Å². The number of rotatable bonds is 2. The Kier molecular flexibility index (Phi) is 2.47. The molecular weight excluding hydrogens is 226 g/mol. The van der Waals surface area contributed by atoms with Gasteiger partial charge in [0.25, 0.3) is 0 Å². The average molecular weight is 237 g/mol. The Labute approximate surface area is 96.3 Å². The number of hydrogen-bond acceptors (Lipinski definition) is 4. The van der Waals surface area contributed by atoms with Crippen molar-refractivity contribution >= 4 is 23.0 Å². The van der Waals surface area contributed by atoms with Crippen LogP contribution in [0.25, 0.3) is 10.6 Å². The smallest absolute Gasteiger partial charge is 0.348 e. The van der Waals surface area contributed by atoms with E-state index < -0.39 is 5.97 Å². The third-order valence-corrected chi connectivity index (χ3v) is 3.75. The normalized spacial score (nSPS) is 10.6. The molecule has 2 aromatic rings. The molecule has 0 saturated carbocycles. The van der Waals surface area contributed by atoms with E-state index in [0.29, 0.717) is 11.4 Å². The number of carboxylic acid groups (broad SMARTS) is 1. The summed E-state index contributed by atoms with van der Waals surface area (Å²) in [5.41, 5.74) is 7.81. The third kappa shape index (κ3) is 1.49. The fraction of sp³-hybridized carbons (Fsp3) is 0.182. The number of carbonyl (C=O) groups is 1. The van der Waals surface area contributed by atoms with Crippen LogP contribution in [0.4, 0.5) is 5.69 Å². The van der Waals surface area contributed by atoms with Crippen LogP contribution in [-0.4, -0.2) is 11.1 Å². The molecule has 2 rings (SSSR count). The molecule has 0 aliphatic carbocycles. The predicted molar refractivity (Wildman–Crippen MR) is 62.9 cm³/mol. The van der Waals surface area contributed by atoms with Crippen LogP contribution in [0.2, 0.25) is 0 Å². The zero-order valence-corrected chi connectivity index (χ0v) is 9.72. The molecule has 0 fully saturated rings. The minimum absolute atomic E-state index is 0.170. The minimum atomic E-state index is -0.999. The molecule has 0 radical (unpaired) electrons. The Morgan fingerprint density at radius 1 is 1.50 bits per heavy atom. The molecule has 3 N–H and O–H groups in total. The Morgan fingerprint density at radius 2 is 2.19 bits per heavy atom. The fourth-order valence-corrected chi connectivity index (χ4v) is 2.63. The van der Waals surface area contributed by atoms with E-state index in [1.807, 2.05) is 13.0 Å². The lowest BCUT2D eigenvalue weighted by molar-refractivity contribution is 0.0703. The number of furan rings is 1. The summed E-state index contributed by atoms with van der Waals surface area (Å²) < 4.78 is 5.34. The monoisotopic (exact) mass is 237 g/mol. The van der Waals surface area contributed by atoms with Gasteiger partial charge in [0.15, 0.2) is 0 Å². The van der Waals surface area contributed by atoms with Crippen molar-refractivity contribution in [1.29, 1.82) is 0 Å². The lowest BCUT2D eigenvalue weighted by atomic mass is 10.1. The van der Waals surface area contributed by atoms with Crippen molar-refractivity contribution in [2.75, 3.05) is 5.73 Å². The van der Waals surface area contributed by atoms with Gasteiger partial charge in [0, 0.05) is 0 Å². The van der Waals surface area contributed by atoms with E-state index in [0.717, 1.165) is 27.3 Å². The summed E-state index contributed by atoms with van der Waals surface area (Å²) in [6.07, 6.45) is 1.58. The number of nitrogens with two attached hydrogens (primary N) is 1. The quantitative estimate of drug-likeness (QED) is 0.841. The Balaban J connectivity index is 2.64. The number of aryl methyl sites for hydroxylation is 1. The van der Waals surface area contributed by atoms with E-state index in [1.54, 1.807) is 13.2 Å². The van der Waals surface area contributed by atoms with Crippen molar-refractivity contribution in [2.45, 2.75) is 13.8 Å². The van der Waals surface area contributed by atoms with Crippen LogP contribution >= 0.6 is 11.3 Å². The van der Waals surface area contributed by atoms with Crippen LogP contribution in [-0.2, 0) is 0 Å². The molecule has 0 amide bonds. The van der Waals surface area contributed by atoms with E-state index in [-0.39, 0.29) is 4.88 Å². The van der Waals surface area contributed by atoms with Crippen LogP contribution in [0.1, 0.15) is 20.8 Å². The van der Waals surface area contributed by atoms with Gasteiger partial charge in [0.05, 0.1) is 16.8 Å². The topological polar surface area (TPSA) is 76.5 Å². The second-order valence-corrected chi connectivity index (χ2v) is 4.56. The lowest BCUT2D eigenvalue weighted by Gasteiger charge is -1.96. The van der Waals surface area contributed by atoms with Crippen LogP contribution in [0.5, 0.6) is 0 Å². The molecule has 5 heteroatoms. The Morgan fingerprint density at radius 3 is 2.62 bits per heavy atom. The molecule has 0 aromatic carbocycles. The minimum Gasteiger partial charge on any atom is -0.477 e. The highest BCUT2D eigenvalue weighted by Gasteiger charge is 2.21. The summed E-state index contributed by atoms with van der Waals surface area (Å²) in [5, 5.41) is 8.97. The maximum atomic E-state index is 10.9. The number of hydrogen-bond donors (Lipinski definition) is 2. The Hall–Kier alpha value is -1.75. The van der Waals surface area contributed by atoms with Gasteiger partial charge in [0.2, 0.25) is 0 Å². The zero-order chi connectivity index (χ0) is 11.9. The summed E-state index contributed by atoms with van der Waals surface area (Å²) in [6.45, 7) is 3.71. The molecule has 0 saturated heterocycles. The van der Waals surface area contributed by atoms with Gasteiger partial charge in [0.1, 0.15) is 10.6 Å². The second-order valence-electron chi connectivity index (χ2n) is 3.54. The molecule has 2 aromatic heterocycles. The predicted octanol–water partition coefficient (Wildman–Crippen LogP) is 2.91. The van der Waals surface area contributed by atoms with Gasteiger partial charge in [-0.25, -0.2) is 4.79 Å². The molecule has 0 atom stereocenters. The molecular formula is C11H11NO3S. The van der Waals surface area contributed by atoms with E-state index in [2.05, 4.69) is 0 Å². The van der Waals surface area contributed by atoms with E-state index >= 15 is 0 Å². The van der Waals surface area contributed by atoms with Gasteiger partial charge in [-0.1, -0.05) is 0 Å². The number of nitrogen functional groups attached to an aromatic ring is 1. The molecule has 0 spiro atoms. The van der Waals surface area contributed by atoms with Crippen molar-refractivity contribution in [3.05, 3.63) is 28.3 Å². The van der Waals surface area contributed by atoms with E-state index in [1.165, 1.54) is 0 Å². The third-order valence-electron chi connectivity index (χ3n) is 2.46. The van der Waals surface area contributed by atoms with Crippen LogP contribution in [0.15, 0.2) is 16.7 Å². The van der Waals surface area contributed by atoms with Crippen molar-refractivity contribution in [3.63, 3.8) is 0 Å². The average Bonchev–Trinajstić information content (AvgIpc) is 2.74. The SMILES string of the molecule is Cc1ccoc1-c1sc(C(=O)O)c(N)c1C. The second kappa shape index (κ2) is 3.68. The van der Waals surface area contributed by atoms with E-state index in [9.17, 15) is 4.79 Å². The van der Waals surface area contributed by atoms with Crippen molar-refractivity contribution in [1.82, 2.24) is 0 Å². The van der Waals surface area contributed by atoms with E-state index in [4.69, 9.17) is 15.3 Å². The summed E-state index contributed by atoms with van der Waals surface area (Å²) >= 11 is 1.15. The summed E-state index contributed by atoms with van der Waals surface area (Å²) in [7, 11) is 0. The molecule has 16 heavy (non-hydrogen) atoms. The molecule has 0 bridgehead atoms. The largest absolute Gasteiger partial charge is 0.477 e. The maximum absolute atomic E-state index is 10.9. The van der Waals surface area contributed by atoms with Crippen LogP contribution in [0.3, 0.4) is 0 Å². The first-order valence-corrected chi connectivity index (χ1v) is 5.50. The highest BCUT2D eigenvalue weighted by Crippen LogP contribution is 2.39. The molecule has 0 aliphatic heterocycles. The summed E-state index contributed by atoms with van der Waals surface area (Å²) in [6, 6.07) is 1.84. The first kappa shape index (κ1) is 10.8. The molecule has 4 nitrogen and oxygen atoms in total. The molecule has 0 aliphatic rings. The number of thiophene rings is 1. The molecule has 0 unspecified atom stereocenters. The summed E-state index contributed by atoms with van der Waals surface area (Å²) in [4.78, 5) is 11.9. The van der Waals surface area contributed by atoms with Gasteiger partial charge < -0.3 is 15.3 Å².